The van der Waals surface area contributed by atoms with Gasteiger partial charge in [-0.1, -0.05) is 0 Å². The molecule has 0 spiro atoms. The average molecular weight is 133 g/mol. The summed E-state index contributed by atoms with van der Waals surface area (Å²) in [5.41, 5.74) is 7.08. The van der Waals surface area contributed by atoms with Gasteiger partial charge in [0.2, 0.25) is 0 Å². The number of rotatable bonds is 5. The molecule has 0 aliphatic heterocycles. The molecule has 4 heteroatoms. The van der Waals surface area contributed by atoms with Crippen molar-refractivity contribution < 1.29 is 11.3 Å². The summed E-state index contributed by atoms with van der Waals surface area (Å²) in [5.74, 6) is -0.997. The molecule has 0 aliphatic rings. The van der Waals surface area contributed by atoms with Crippen molar-refractivity contribution in [3.8, 4) is 0 Å². The Bertz CT molecular complexity index is 110. The van der Waals surface area contributed by atoms with E-state index >= 15 is 0 Å². The summed E-state index contributed by atoms with van der Waals surface area (Å²) < 4.78 is 6.60. The van der Waals surface area contributed by atoms with Crippen LogP contribution in [0.5, 0.6) is 0 Å². The summed E-state index contributed by atoms with van der Waals surface area (Å²) in [4.78, 5) is 10.2. The fourth-order valence-corrected chi connectivity index (χ4v) is 0.445. The third-order valence-corrected chi connectivity index (χ3v) is 0.995. The third kappa shape index (κ3) is 3.93. The van der Waals surface area contributed by atoms with Crippen LogP contribution in [-0.2, 0) is 4.79 Å². The van der Waals surface area contributed by atoms with Crippen LogP contribution in [0.15, 0.2) is 0 Å². The quantitative estimate of drug-likeness (QED) is 0.455. The maximum atomic E-state index is 10.2. The van der Waals surface area contributed by atoms with Crippen molar-refractivity contribution in [3.63, 3.8) is 0 Å². The van der Waals surface area contributed by atoms with Crippen molar-refractivity contribution in [2.75, 3.05) is 6.54 Å². The molecule has 54 valence electrons. The molecule has 0 fully saturated rings. The molecule has 0 radical (unpaired) electrons. The third-order valence-electron chi connectivity index (χ3n) is 0.995. The topological polar surface area (TPSA) is 89.3 Å². The van der Waals surface area contributed by atoms with E-state index in [-0.39, 0.29) is 0 Å². The van der Waals surface area contributed by atoms with E-state index in [0.717, 1.165) is 0 Å². The predicted molar refractivity (Wildman–Crippen MR) is 33.9 cm³/mol. The summed E-state index contributed by atoms with van der Waals surface area (Å²) in [6, 6.07) is -0.774. The molecular formula is C5H12N2O2. The maximum absolute atomic E-state index is 10.2. The zero-order valence-electron chi connectivity index (χ0n) is 6.13. The van der Waals surface area contributed by atoms with Crippen LogP contribution in [0.25, 0.3) is 0 Å². The monoisotopic (exact) mass is 133 g/mol. The molecule has 0 amide bonds. The summed E-state index contributed by atoms with van der Waals surface area (Å²) >= 11 is 0. The fraction of sp³-hybridized carbons (Fsp3) is 0.800. The Morgan fingerprint density at radius 1 is 1.89 bits per heavy atom. The van der Waals surface area contributed by atoms with Gasteiger partial charge in [0, 0.05) is 0 Å². The van der Waals surface area contributed by atoms with Crippen molar-refractivity contribution in [3.05, 3.63) is 0 Å². The van der Waals surface area contributed by atoms with E-state index in [1.807, 2.05) is 5.73 Å². The molecule has 0 unspecified atom stereocenters. The number of hydrogen-bond donors (Lipinski definition) is 3. The van der Waals surface area contributed by atoms with Crippen molar-refractivity contribution in [1.29, 1.82) is 0 Å². The van der Waals surface area contributed by atoms with Gasteiger partial charge >= 0.3 is 5.97 Å². The Morgan fingerprint density at radius 2 is 2.56 bits per heavy atom. The van der Waals surface area contributed by atoms with Crippen LogP contribution in [-0.4, -0.2) is 23.7 Å². The van der Waals surface area contributed by atoms with E-state index in [0.29, 0.717) is 19.4 Å². The maximum Gasteiger partial charge on any atom is 0.320 e. The first kappa shape index (κ1) is 6.51. The molecule has 5 N–H and O–H groups in total. The van der Waals surface area contributed by atoms with Gasteiger partial charge in [0.25, 0.3) is 0 Å². The first-order valence-corrected chi connectivity index (χ1v) is 2.82. The Balaban J connectivity index is 3.50. The second-order valence-electron chi connectivity index (χ2n) is 1.82. The zero-order chi connectivity index (χ0) is 7.98. The highest BCUT2D eigenvalue weighted by atomic mass is 16.4. The highest BCUT2D eigenvalue weighted by Crippen LogP contribution is 1.91. The normalized spacial score (nSPS) is 14.6. The summed E-state index contributed by atoms with van der Waals surface area (Å²) in [5, 5.41) is 8.38. The van der Waals surface area contributed by atoms with Gasteiger partial charge in [-0.3, -0.25) is 4.79 Å². The average Bonchev–Trinajstić information content (AvgIpc) is 1.89. The molecule has 0 aliphatic carbocycles. The lowest BCUT2D eigenvalue weighted by Crippen LogP contribution is -2.30. The summed E-state index contributed by atoms with van der Waals surface area (Å²) in [6.45, 7) is 0.464. The second-order valence-corrected chi connectivity index (χ2v) is 1.82. The van der Waals surface area contributed by atoms with E-state index in [1.165, 1.54) is 0 Å². The molecule has 9 heavy (non-hydrogen) atoms. The van der Waals surface area contributed by atoms with Crippen LogP contribution >= 0.6 is 0 Å². The van der Waals surface area contributed by atoms with Crippen LogP contribution < -0.4 is 11.5 Å². The van der Waals surface area contributed by atoms with E-state index in [9.17, 15) is 4.79 Å². The van der Waals surface area contributed by atoms with Crippen LogP contribution in [0.1, 0.15) is 12.8 Å². The van der Waals surface area contributed by atoms with Gasteiger partial charge in [-0.25, -0.2) is 0 Å². The van der Waals surface area contributed by atoms with Crippen molar-refractivity contribution >= 4 is 5.97 Å². The van der Waals surface area contributed by atoms with Crippen LogP contribution in [0.4, 0.5) is 0 Å². The number of nitrogens with two attached hydrogens (primary N) is 2. The largest absolute Gasteiger partial charge is 0.480 e. The lowest BCUT2D eigenvalue weighted by molar-refractivity contribution is -0.138. The number of carboxylic acids is 1. The van der Waals surface area contributed by atoms with Gasteiger partial charge in [-0.15, -0.1) is 0 Å². The molecule has 0 bridgehead atoms. The van der Waals surface area contributed by atoms with Gasteiger partial charge in [-0.2, -0.15) is 0 Å². The zero-order valence-corrected chi connectivity index (χ0v) is 5.13. The lowest BCUT2D eigenvalue weighted by atomic mass is 10.2. The molecule has 0 aromatic heterocycles. The van der Waals surface area contributed by atoms with E-state index in [1.54, 1.807) is 0 Å². The van der Waals surface area contributed by atoms with Crippen LogP contribution in [0, 0.1) is 0 Å². The molecule has 0 saturated carbocycles. The predicted octanol–water partition coefficient (Wildman–Crippen LogP) is -0.863. The summed E-state index contributed by atoms with van der Waals surface area (Å²) in [6.07, 6.45) is 1.04. The Kier molecular flexibility index (Phi) is 3.10. The minimum absolute atomic E-state index is 0.412. The van der Waals surface area contributed by atoms with E-state index in [2.05, 4.69) is 0 Å². The Hall–Kier alpha value is -0.610. The minimum atomic E-state index is -0.997. The molecule has 0 saturated heterocycles. The standard InChI is InChI=1S/C5H12N2O2/c6-3-1-2-4(7)5(8)9/h4H,1-3,6-7H2,(H,8,9)/t4-/m0/s1/i/hD. The van der Waals surface area contributed by atoms with E-state index < -0.39 is 12.0 Å². The highest BCUT2D eigenvalue weighted by molar-refractivity contribution is 5.72. The lowest BCUT2D eigenvalue weighted by Gasteiger charge is -2.02. The number of carboxylic acid groups (broad SMARTS) is 1. The smallest absolute Gasteiger partial charge is 0.320 e. The Labute approximate surface area is 55.3 Å². The van der Waals surface area contributed by atoms with Gasteiger partial charge in [-0.05, 0) is 19.4 Å². The van der Waals surface area contributed by atoms with Gasteiger partial charge < -0.3 is 16.6 Å². The summed E-state index contributed by atoms with van der Waals surface area (Å²) in [7, 11) is 0. The number of carbonyl (C=O) groups is 1. The molecule has 1 atom stereocenters. The number of hydrogen-bond acceptors (Lipinski definition) is 3. The molecule has 0 aromatic carbocycles. The first-order chi connectivity index (χ1) is 4.72. The van der Waals surface area contributed by atoms with Gasteiger partial charge in [0.05, 0.1) is 0 Å². The number of aliphatic carboxylic acids is 1. The fourth-order valence-electron chi connectivity index (χ4n) is 0.445. The highest BCUT2D eigenvalue weighted by Gasteiger charge is 2.08. The van der Waals surface area contributed by atoms with Crippen LogP contribution in [0.3, 0.4) is 0 Å². The molecule has 0 rings (SSSR count). The minimum Gasteiger partial charge on any atom is -0.480 e. The van der Waals surface area contributed by atoms with Crippen LogP contribution in [0.2, 0.25) is 1.41 Å². The van der Waals surface area contributed by atoms with E-state index in [4.69, 9.17) is 12.3 Å². The van der Waals surface area contributed by atoms with Crippen molar-refractivity contribution in [2.45, 2.75) is 18.9 Å². The van der Waals surface area contributed by atoms with Gasteiger partial charge in [0.1, 0.15) is 7.45 Å². The van der Waals surface area contributed by atoms with Crippen molar-refractivity contribution in [2.24, 2.45) is 11.5 Å². The SMILES string of the molecule is [2H]N[C@@H](CCCN)C(=O)O. The molecule has 4 nitrogen and oxygen atoms in total. The Morgan fingerprint density at radius 3 is 2.89 bits per heavy atom. The van der Waals surface area contributed by atoms with Crippen molar-refractivity contribution in [1.82, 2.24) is 0 Å². The molecular weight excluding hydrogens is 120 g/mol. The molecule has 0 heterocycles. The first-order valence-electron chi connectivity index (χ1n) is 3.32. The second kappa shape index (κ2) is 4.29. The van der Waals surface area contributed by atoms with Gasteiger partial charge in [0.15, 0.2) is 0 Å². The molecule has 0 aromatic rings.